The Balaban J connectivity index is 1.72. The van der Waals surface area contributed by atoms with E-state index in [9.17, 15) is 18.0 Å². The number of aryl methyl sites for hydroxylation is 1. The van der Waals surface area contributed by atoms with E-state index in [1.807, 2.05) is 12.1 Å². The minimum atomic E-state index is -4.43. The van der Waals surface area contributed by atoms with Crippen LogP contribution in [0.15, 0.2) is 65.6 Å². The van der Waals surface area contributed by atoms with Crippen LogP contribution in [0.2, 0.25) is 5.02 Å². The van der Waals surface area contributed by atoms with E-state index in [1.165, 1.54) is 23.9 Å². The van der Waals surface area contributed by atoms with Gasteiger partial charge in [-0.15, -0.1) is 11.8 Å². The highest BCUT2D eigenvalue weighted by Gasteiger charge is 2.31. The number of aromatic amines is 1. The standard InChI is InChI=1S/C24H18ClF3N2O3S/c1-13-10-17(7-9-20(13)33-12-21(31)32)34-23(14-2-4-15(5-3-14)24(26,27)28)22-18-8-6-16(25)11-19(18)29-30-22/h2-11,23H,12H2,1H3,(H,29,30)(H,31,32). The van der Waals surface area contributed by atoms with E-state index in [0.717, 1.165) is 28.0 Å². The number of nitrogens with one attached hydrogen (secondary N) is 1. The number of ether oxygens (including phenoxy) is 1. The first-order valence-corrected chi connectivity index (χ1v) is 11.3. The predicted molar refractivity (Wildman–Crippen MR) is 125 cm³/mol. The molecule has 0 spiro atoms. The smallest absolute Gasteiger partial charge is 0.416 e. The third kappa shape index (κ3) is 5.31. The Morgan fingerprint density at radius 3 is 2.53 bits per heavy atom. The average molecular weight is 507 g/mol. The number of rotatable bonds is 7. The highest BCUT2D eigenvalue weighted by molar-refractivity contribution is 7.99. The van der Waals surface area contributed by atoms with E-state index >= 15 is 0 Å². The summed E-state index contributed by atoms with van der Waals surface area (Å²) in [5.41, 5.74) is 2.02. The van der Waals surface area contributed by atoms with Crippen LogP contribution in [-0.2, 0) is 11.0 Å². The van der Waals surface area contributed by atoms with Gasteiger partial charge in [0.25, 0.3) is 0 Å². The van der Waals surface area contributed by atoms with Crippen molar-refractivity contribution in [2.45, 2.75) is 23.2 Å². The van der Waals surface area contributed by atoms with Crippen molar-refractivity contribution in [2.24, 2.45) is 0 Å². The van der Waals surface area contributed by atoms with Gasteiger partial charge in [0.1, 0.15) is 5.75 Å². The van der Waals surface area contributed by atoms with E-state index in [1.54, 1.807) is 31.2 Å². The summed E-state index contributed by atoms with van der Waals surface area (Å²) in [5, 5.41) is 17.1. The molecule has 1 unspecified atom stereocenters. The first-order chi connectivity index (χ1) is 16.1. The van der Waals surface area contributed by atoms with Crippen molar-refractivity contribution >= 4 is 40.2 Å². The number of carboxylic acid groups (broad SMARTS) is 1. The summed E-state index contributed by atoms with van der Waals surface area (Å²) >= 11 is 7.49. The van der Waals surface area contributed by atoms with E-state index in [-0.39, 0.29) is 0 Å². The van der Waals surface area contributed by atoms with Gasteiger partial charge in [-0.25, -0.2) is 4.79 Å². The normalized spacial score (nSPS) is 12.6. The van der Waals surface area contributed by atoms with Crippen LogP contribution < -0.4 is 4.74 Å². The molecule has 5 nitrogen and oxygen atoms in total. The number of hydrogen-bond donors (Lipinski definition) is 2. The zero-order valence-corrected chi connectivity index (χ0v) is 19.3. The second-order valence-corrected chi connectivity index (χ2v) is 9.14. The largest absolute Gasteiger partial charge is 0.482 e. The number of nitrogens with zero attached hydrogens (tertiary/aromatic N) is 1. The molecule has 0 fully saturated rings. The van der Waals surface area contributed by atoms with E-state index in [2.05, 4.69) is 10.2 Å². The molecule has 10 heteroatoms. The molecule has 4 aromatic rings. The summed E-state index contributed by atoms with van der Waals surface area (Å²) < 4.78 is 44.6. The second kappa shape index (κ2) is 9.60. The Labute approximate surface area is 201 Å². The first kappa shape index (κ1) is 24.0. The minimum absolute atomic E-state index is 0.428. The van der Waals surface area contributed by atoms with Crippen LogP contribution in [-0.4, -0.2) is 27.9 Å². The Morgan fingerprint density at radius 2 is 1.88 bits per heavy atom. The third-order valence-corrected chi connectivity index (χ3v) is 6.59. The molecule has 0 radical (unpaired) electrons. The third-order valence-electron chi connectivity index (χ3n) is 5.09. The van der Waals surface area contributed by atoms with Crippen LogP contribution in [0, 0.1) is 6.92 Å². The minimum Gasteiger partial charge on any atom is -0.482 e. The maximum atomic E-state index is 13.1. The first-order valence-electron chi connectivity index (χ1n) is 10.0. The van der Waals surface area contributed by atoms with Gasteiger partial charge >= 0.3 is 12.1 Å². The molecule has 3 aromatic carbocycles. The van der Waals surface area contributed by atoms with E-state index in [4.69, 9.17) is 21.4 Å². The average Bonchev–Trinajstić information content (AvgIpc) is 3.19. The lowest BCUT2D eigenvalue weighted by molar-refractivity contribution is -0.139. The molecule has 0 aliphatic heterocycles. The van der Waals surface area contributed by atoms with Crippen molar-refractivity contribution in [2.75, 3.05) is 6.61 Å². The highest BCUT2D eigenvalue weighted by Crippen LogP contribution is 2.44. The van der Waals surface area contributed by atoms with Crippen molar-refractivity contribution in [3.63, 3.8) is 0 Å². The fourth-order valence-electron chi connectivity index (χ4n) is 3.47. The van der Waals surface area contributed by atoms with Gasteiger partial charge in [-0.2, -0.15) is 18.3 Å². The number of halogens is 4. The lowest BCUT2D eigenvalue weighted by atomic mass is 10.0. The van der Waals surface area contributed by atoms with E-state index in [0.29, 0.717) is 27.5 Å². The van der Waals surface area contributed by atoms with E-state index < -0.39 is 29.6 Å². The predicted octanol–water partition coefficient (Wildman–Crippen LogP) is 6.89. The number of alkyl halides is 3. The maximum absolute atomic E-state index is 13.1. The van der Waals surface area contributed by atoms with Crippen LogP contribution in [0.4, 0.5) is 13.2 Å². The molecular weight excluding hydrogens is 489 g/mol. The maximum Gasteiger partial charge on any atom is 0.416 e. The number of carboxylic acids is 1. The van der Waals surface area contributed by atoms with Gasteiger partial charge in [-0.1, -0.05) is 23.7 Å². The van der Waals surface area contributed by atoms with Gasteiger partial charge in [0.05, 0.1) is 22.0 Å². The monoisotopic (exact) mass is 506 g/mol. The number of benzene rings is 3. The summed E-state index contributed by atoms with van der Waals surface area (Å²) in [6, 6.07) is 15.6. The van der Waals surface area contributed by atoms with Crippen molar-refractivity contribution in [1.29, 1.82) is 0 Å². The molecule has 0 aliphatic rings. The topological polar surface area (TPSA) is 75.2 Å². The molecule has 4 rings (SSSR count). The van der Waals surface area contributed by atoms with Crippen LogP contribution >= 0.6 is 23.4 Å². The number of aliphatic carboxylic acids is 1. The van der Waals surface area contributed by atoms with Gasteiger partial charge in [0.15, 0.2) is 6.61 Å². The Morgan fingerprint density at radius 1 is 1.15 bits per heavy atom. The number of fused-ring (bicyclic) bond motifs is 1. The fraction of sp³-hybridized carbons (Fsp3) is 0.167. The molecule has 1 heterocycles. The summed E-state index contributed by atoms with van der Waals surface area (Å²) in [5.74, 6) is -0.636. The zero-order valence-electron chi connectivity index (χ0n) is 17.7. The summed E-state index contributed by atoms with van der Waals surface area (Å²) in [7, 11) is 0. The molecular formula is C24H18ClF3N2O3S. The number of carbonyl (C=O) groups is 1. The number of aromatic nitrogens is 2. The summed E-state index contributed by atoms with van der Waals surface area (Å²) in [6.07, 6.45) is -4.43. The van der Waals surface area contributed by atoms with Crippen LogP contribution in [0.3, 0.4) is 0 Å². The zero-order chi connectivity index (χ0) is 24.5. The summed E-state index contributed by atoms with van der Waals surface area (Å²) in [4.78, 5) is 11.6. The Hall–Kier alpha value is -3.17. The van der Waals surface area contributed by atoms with Gasteiger partial charge in [-0.05, 0) is 66.6 Å². The molecule has 0 bridgehead atoms. The molecule has 0 aliphatic carbocycles. The van der Waals surface area contributed by atoms with Crippen molar-refractivity contribution in [3.8, 4) is 5.75 Å². The SMILES string of the molecule is Cc1cc(SC(c2ccc(C(F)(F)F)cc2)c2n[nH]c3cc(Cl)ccc23)ccc1OCC(=O)O. The lowest BCUT2D eigenvalue weighted by Crippen LogP contribution is -2.10. The Kier molecular flexibility index (Phi) is 6.77. The van der Waals surface area contributed by atoms with Crippen LogP contribution in [0.1, 0.15) is 27.6 Å². The molecule has 1 aromatic heterocycles. The molecule has 2 N–H and O–H groups in total. The molecule has 176 valence electrons. The quantitative estimate of drug-likeness (QED) is 0.267. The van der Waals surface area contributed by atoms with Gasteiger partial charge in [0, 0.05) is 15.3 Å². The molecule has 0 amide bonds. The summed E-state index contributed by atoms with van der Waals surface area (Å²) in [6.45, 7) is 1.34. The van der Waals surface area contributed by atoms with Crippen molar-refractivity contribution in [1.82, 2.24) is 10.2 Å². The van der Waals surface area contributed by atoms with Gasteiger partial charge < -0.3 is 9.84 Å². The second-order valence-electron chi connectivity index (χ2n) is 7.53. The number of H-pyrrole nitrogens is 1. The number of thioether (sulfide) groups is 1. The van der Waals surface area contributed by atoms with Crippen molar-refractivity contribution < 1.29 is 27.8 Å². The number of hydrogen-bond acceptors (Lipinski definition) is 4. The molecule has 1 atom stereocenters. The molecule has 0 saturated carbocycles. The highest BCUT2D eigenvalue weighted by atomic mass is 35.5. The lowest BCUT2D eigenvalue weighted by Gasteiger charge is -2.18. The van der Waals surface area contributed by atoms with Crippen molar-refractivity contribution in [3.05, 3.63) is 88.1 Å². The fourth-order valence-corrected chi connectivity index (χ4v) is 4.89. The Bertz CT molecular complexity index is 1340. The van der Waals surface area contributed by atoms with Gasteiger partial charge in [0.2, 0.25) is 0 Å². The van der Waals surface area contributed by atoms with Gasteiger partial charge in [-0.3, -0.25) is 5.10 Å². The molecule has 0 saturated heterocycles. The van der Waals surface area contributed by atoms with Crippen LogP contribution in [0.5, 0.6) is 5.75 Å². The molecule has 34 heavy (non-hydrogen) atoms. The van der Waals surface area contributed by atoms with Crippen LogP contribution in [0.25, 0.3) is 10.9 Å².